The van der Waals surface area contributed by atoms with Crippen molar-refractivity contribution in [3.8, 4) is 0 Å². The van der Waals surface area contributed by atoms with Gasteiger partial charge in [-0.1, -0.05) is 13.3 Å². The van der Waals surface area contributed by atoms with Crippen LogP contribution in [0, 0.1) is 0 Å². The largest absolute Gasteiger partial charge is 0.468 e. The van der Waals surface area contributed by atoms with E-state index in [4.69, 9.17) is 0 Å². The third-order valence-corrected chi connectivity index (χ3v) is 0.684. The Kier molecular flexibility index (Phi) is 13.7. The van der Waals surface area contributed by atoms with E-state index in [9.17, 15) is 4.79 Å². The second-order valence-corrected chi connectivity index (χ2v) is 1.32. The molecule has 0 atom stereocenters. The summed E-state index contributed by atoms with van der Waals surface area (Å²) in [6.45, 7) is 3.10. The summed E-state index contributed by atoms with van der Waals surface area (Å²) >= 11 is 0. The van der Waals surface area contributed by atoms with Crippen molar-refractivity contribution in [3.05, 3.63) is 0 Å². The van der Waals surface area contributed by atoms with Crippen molar-refractivity contribution in [3.63, 3.8) is 0 Å². The van der Waals surface area contributed by atoms with Crippen molar-refractivity contribution < 1.29 is 26.6 Å². The summed E-state index contributed by atoms with van der Waals surface area (Å²) in [5, 5.41) is 0. The molecule has 0 spiro atoms. The van der Waals surface area contributed by atoms with E-state index >= 15 is 0 Å². The summed E-state index contributed by atoms with van der Waals surface area (Å²) in [6.07, 6.45) is 2.05. The van der Waals surface area contributed by atoms with Crippen LogP contribution in [0.25, 0.3) is 0 Å². The molecule has 0 N–H and O–H groups in total. The number of hydrogen-bond acceptors (Lipinski definition) is 2. The zero-order valence-corrected chi connectivity index (χ0v) is 5.76. The van der Waals surface area contributed by atoms with Gasteiger partial charge in [-0.2, -0.15) is 0 Å². The predicted octanol–water partition coefficient (Wildman–Crippen LogP) is 0.957. The first kappa shape index (κ1) is 10.9. The molecule has 53 valence electrons. The van der Waals surface area contributed by atoms with Crippen molar-refractivity contribution in [2.24, 2.45) is 0 Å². The predicted molar refractivity (Wildman–Crippen MR) is 26.9 cm³/mol. The van der Waals surface area contributed by atoms with Gasteiger partial charge in [0, 0.05) is 17.1 Å². The average molecular weight is 166 g/mol. The molecule has 0 aromatic carbocycles. The SMILES string of the molecule is CCCCOC=O.[Cu]. The molecule has 0 heterocycles. The van der Waals surface area contributed by atoms with E-state index in [0.29, 0.717) is 13.1 Å². The molecule has 0 rings (SSSR count). The van der Waals surface area contributed by atoms with Crippen LogP contribution in [0.2, 0.25) is 0 Å². The summed E-state index contributed by atoms with van der Waals surface area (Å²) in [6, 6.07) is 0. The third-order valence-electron chi connectivity index (χ3n) is 0.684. The smallest absolute Gasteiger partial charge is 0.293 e. The Morgan fingerprint density at radius 1 is 1.62 bits per heavy atom. The van der Waals surface area contributed by atoms with Crippen LogP contribution >= 0.6 is 0 Å². The van der Waals surface area contributed by atoms with E-state index in [1.54, 1.807) is 0 Å². The molecule has 0 unspecified atom stereocenters. The van der Waals surface area contributed by atoms with Gasteiger partial charge in [0.2, 0.25) is 0 Å². The molecule has 0 saturated carbocycles. The summed E-state index contributed by atoms with van der Waals surface area (Å²) in [4.78, 5) is 9.46. The van der Waals surface area contributed by atoms with Crippen LogP contribution in [0.4, 0.5) is 0 Å². The van der Waals surface area contributed by atoms with Crippen LogP contribution in [0.3, 0.4) is 0 Å². The quantitative estimate of drug-likeness (QED) is 0.353. The number of rotatable bonds is 4. The van der Waals surface area contributed by atoms with E-state index in [-0.39, 0.29) is 17.1 Å². The number of carbonyl (C=O) groups is 1. The summed E-state index contributed by atoms with van der Waals surface area (Å²) in [5.74, 6) is 0. The molecule has 0 aliphatic heterocycles. The monoisotopic (exact) mass is 165 g/mol. The van der Waals surface area contributed by atoms with Gasteiger partial charge in [0.1, 0.15) is 0 Å². The van der Waals surface area contributed by atoms with Crippen molar-refractivity contribution in [1.82, 2.24) is 0 Å². The molecule has 0 saturated heterocycles. The van der Waals surface area contributed by atoms with Gasteiger partial charge >= 0.3 is 0 Å². The molecule has 0 aromatic rings. The Morgan fingerprint density at radius 3 is 2.62 bits per heavy atom. The number of ether oxygens (including phenoxy) is 1. The van der Waals surface area contributed by atoms with Crippen LogP contribution in [-0.2, 0) is 26.6 Å². The Morgan fingerprint density at radius 2 is 2.25 bits per heavy atom. The Bertz CT molecular complexity index is 47.7. The standard InChI is InChI=1S/C5H10O2.Cu/c1-2-3-4-7-5-6;/h5H,2-4H2,1H3;. The number of carbonyl (C=O) groups excluding carboxylic acids is 1. The first-order chi connectivity index (χ1) is 3.41. The molecule has 2 nitrogen and oxygen atoms in total. The summed E-state index contributed by atoms with van der Waals surface area (Å²) in [7, 11) is 0. The molecule has 0 aliphatic rings. The molecular weight excluding hydrogens is 156 g/mol. The van der Waals surface area contributed by atoms with Crippen LogP contribution in [0.5, 0.6) is 0 Å². The maximum atomic E-state index is 9.46. The van der Waals surface area contributed by atoms with E-state index in [1.807, 2.05) is 6.92 Å². The zero-order chi connectivity index (χ0) is 5.54. The number of unbranched alkanes of at least 4 members (excludes halogenated alkanes) is 1. The van der Waals surface area contributed by atoms with Gasteiger partial charge in [0.25, 0.3) is 6.47 Å². The van der Waals surface area contributed by atoms with Gasteiger partial charge in [-0.05, 0) is 6.42 Å². The molecule has 0 aliphatic carbocycles. The van der Waals surface area contributed by atoms with Crippen molar-refractivity contribution in [1.29, 1.82) is 0 Å². The molecule has 0 bridgehead atoms. The Labute approximate surface area is 60.1 Å². The maximum absolute atomic E-state index is 9.46. The van der Waals surface area contributed by atoms with E-state index in [2.05, 4.69) is 4.74 Å². The first-order valence-electron chi connectivity index (χ1n) is 2.47. The van der Waals surface area contributed by atoms with Crippen LogP contribution in [0.1, 0.15) is 19.8 Å². The van der Waals surface area contributed by atoms with Gasteiger partial charge in [-0.3, -0.25) is 4.79 Å². The molecular formula is C5H10CuO2. The minimum atomic E-state index is 0. The third kappa shape index (κ3) is 9.37. The summed E-state index contributed by atoms with van der Waals surface area (Å²) < 4.78 is 4.39. The minimum Gasteiger partial charge on any atom is -0.468 e. The molecule has 3 heteroatoms. The minimum absolute atomic E-state index is 0. The van der Waals surface area contributed by atoms with Crippen molar-refractivity contribution >= 4 is 6.47 Å². The van der Waals surface area contributed by atoms with Gasteiger partial charge in [0.15, 0.2) is 0 Å². The fourth-order valence-corrected chi connectivity index (χ4v) is 0.276. The van der Waals surface area contributed by atoms with Crippen molar-refractivity contribution in [2.45, 2.75) is 19.8 Å². The van der Waals surface area contributed by atoms with Gasteiger partial charge in [0.05, 0.1) is 6.61 Å². The summed E-state index contributed by atoms with van der Waals surface area (Å²) in [5.41, 5.74) is 0. The fraction of sp³-hybridized carbons (Fsp3) is 0.800. The van der Waals surface area contributed by atoms with E-state index in [0.717, 1.165) is 12.8 Å². The Balaban J connectivity index is 0. The van der Waals surface area contributed by atoms with Crippen LogP contribution in [-0.4, -0.2) is 13.1 Å². The topological polar surface area (TPSA) is 26.3 Å². The Hall–Kier alpha value is -0.0105. The molecule has 0 aromatic heterocycles. The number of hydrogen-bond donors (Lipinski definition) is 0. The fourth-order valence-electron chi connectivity index (χ4n) is 0.276. The van der Waals surface area contributed by atoms with Gasteiger partial charge in [-0.15, -0.1) is 0 Å². The normalized spacial score (nSPS) is 7.12. The molecule has 0 fully saturated rings. The first-order valence-corrected chi connectivity index (χ1v) is 2.47. The molecule has 8 heavy (non-hydrogen) atoms. The van der Waals surface area contributed by atoms with Crippen LogP contribution < -0.4 is 0 Å². The van der Waals surface area contributed by atoms with E-state index in [1.165, 1.54) is 0 Å². The molecule has 0 amide bonds. The molecule has 1 radical (unpaired) electrons. The van der Waals surface area contributed by atoms with Crippen LogP contribution in [0.15, 0.2) is 0 Å². The van der Waals surface area contributed by atoms with Gasteiger partial charge < -0.3 is 4.74 Å². The van der Waals surface area contributed by atoms with Gasteiger partial charge in [-0.25, -0.2) is 0 Å². The van der Waals surface area contributed by atoms with E-state index < -0.39 is 0 Å². The second-order valence-electron chi connectivity index (χ2n) is 1.32. The maximum Gasteiger partial charge on any atom is 0.293 e. The zero-order valence-electron chi connectivity index (χ0n) is 4.82. The second kappa shape index (κ2) is 10.1. The average Bonchev–Trinajstić information content (AvgIpc) is 1.69. The van der Waals surface area contributed by atoms with Crippen molar-refractivity contribution in [2.75, 3.05) is 6.61 Å².